The van der Waals surface area contributed by atoms with Crippen LogP contribution in [-0.2, 0) is 4.79 Å². The number of carbonyl (C=O) groups excluding carboxylic acids is 1. The van der Waals surface area contributed by atoms with E-state index in [9.17, 15) is 10.1 Å². The summed E-state index contributed by atoms with van der Waals surface area (Å²) in [6.45, 7) is 4.49. The standard InChI is InChI=1S/C22H20BrN3O4/c1-3-28-18-7-5-17(6-8-18)26-22(27)16(14-25)11-15-12-19(23)21(30-10-9-24)20(13-15)29-4-2/h5-8,11-13H,3-4,10H2,1-2H3,(H,26,27)/b16-11+. The Bertz CT molecular complexity index is 1000. The highest BCUT2D eigenvalue weighted by Gasteiger charge is 2.14. The van der Waals surface area contributed by atoms with Gasteiger partial charge in [-0.15, -0.1) is 0 Å². The summed E-state index contributed by atoms with van der Waals surface area (Å²) < 4.78 is 16.9. The van der Waals surface area contributed by atoms with Crippen LogP contribution in [0.4, 0.5) is 5.69 Å². The zero-order chi connectivity index (χ0) is 21.9. The normalized spacial score (nSPS) is 10.5. The number of carbonyl (C=O) groups is 1. The van der Waals surface area contributed by atoms with Gasteiger partial charge in [0.15, 0.2) is 18.1 Å². The zero-order valence-corrected chi connectivity index (χ0v) is 18.2. The van der Waals surface area contributed by atoms with Gasteiger partial charge in [-0.2, -0.15) is 10.5 Å². The second-order valence-corrected chi connectivity index (χ2v) is 6.65. The summed E-state index contributed by atoms with van der Waals surface area (Å²) in [5.41, 5.74) is 1.03. The summed E-state index contributed by atoms with van der Waals surface area (Å²) in [7, 11) is 0. The van der Waals surface area contributed by atoms with Crippen LogP contribution in [0, 0.1) is 22.7 Å². The van der Waals surface area contributed by atoms with E-state index >= 15 is 0 Å². The Morgan fingerprint density at radius 2 is 1.80 bits per heavy atom. The molecular weight excluding hydrogens is 450 g/mol. The van der Waals surface area contributed by atoms with Crippen molar-refractivity contribution in [1.82, 2.24) is 0 Å². The molecule has 7 nitrogen and oxygen atoms in total. The molecule has 0 aliphatic rings. The van der Waals surface area contributed by atoms with Crippen LogP contribution in [0.1, 0.15) is 19.4 Å². The average molecular weight is 470 g/mol. The zero-order valence-electron chi connectivity index (χ0n) is 16.6. The van der Waals surface area contributed by atoms with Crippen molar-refractivity contribution >= 4 is 33.6 Å². The van der Waals surface area contributed by atoms with Crippen molar-refractivity contribution < 1.29 is 19.0 Å². The largest absolute Gasteiger partial charge is 0.494 e. The Morgan fingerprint density at radius 3 is 2.40 bits per heavy atom. The van der Waals surface area contributed by atoms with Crippen molar-refractivity contribution in [2.75, 3.05) is 25.1 Å². The Morgan fingerprint density at radius 1 is 1.10 bits per heavy atom. The highest BCUT2D eigenvalue weighted by Crippen LogP contribution is 2.37. The number of halogens is 1. The quantitative estimate of drug-likeness (QED) is 0.421. The van der Waals surface area contributed by atoms with E-state index in [1.165, 1.54) is 6.08 Å². The molecule has 0 bridgehead atoms. The Balaban J connectivity index is 2.26. The van der Waals surface area contributed by atoms with Crippen LogP contribution in [0.3, 0.4) is 0 Å². The molecule has 2 aromatic carbocycles. The highest BCUT2D eigenvalue weighted by atomic mass is 79.9. The molecule has 30 heavy (non-hydrogen) atoms. The highest BCUT2D eigenvalue weighted by molar-refractivity contribution is 9.10. The lowest BCUT2D eigenvalue weighted by Crippen LogP contribution is -2.13. The lowest BCUT2D eigenvalue weighted by atomic mass is 10.1. The number of nitrogens with zero attached hydrogens (tertiary/aromatic N) is 2. The lowest BCUT2D eigenvalue weighted by molar-refractivity contribution is -0.112. The predicted octanol–water partition coefficient (Wildman–Crippen LogP) is 4.69. The average Bonchev–Trinajstić information content (AvgIpc) is 2.73. The van der Waals surface area contributed by atoms with E-state index in [1.54, 1.807) is 36.4 Å². The van der Waals surface area contributed by atoms with Gasteiger partial charge in [-0.05, 0) is 77.8 Å². The molecule has 2 rings (SSSR count). The summed E-state index contributed by atoms with van der Waals surface area (Å²) in [5, 5.41) is 20.9. The van der Waals surface area contributed by atoms with Gasteiger partial charge in [0.25, 0.3) is 5.91 Å². The van der Waals surface area contributed by atoms with E-state index in [1.807, 2.05) is 26.0 Å². The van der Waals surface area contributed by atoms with Crippen molar-refractivity contribution in [2.24, 2.45) is 0 Å². The minimum Gasteiger partial charge on any atom is -0.494 e. The predicted molar refractivity (Wildman–Crippen MR) is 116 cm³/mol. The van der Waals surface area contributed by atoms with Crippen LogP contribution < -0.4 is 19.5 Å². The van der Waals surface area contributed by atoms with Gasteiger partial charge in [-0.1, -0.05) is 0 Å². The summed E-state index contributed by atoms with van der Waals surface area (Å²) >= 11 is 3.38. The number of hydrogen-bond acceptors (Lipinski definition) is 6. The van der Waals surface area contributed by atoms with Crippen LogP contribution in [0.2, 0.25) is 0 Å². The maximum Gasteiger partial charge on any atom is 0.266 e. The molecule has 0 heterocycles. The van der Waals surface area contributed by atoms with Crippen molar-refractivity contribution in [3.63, 3.8) is 0 Å². The molecule has 154 valence electrons. The summed E-state index contributed by atoms with van der Waals surface area (Å²) in [4.78, 5) is 12.5. The molecule has 0 radical (unpaired) electrons. The van der Waals surface area contributed by atoms with Crippen molar-refractivity contribution in [3.05, 3.63) is 52.0 Å². The minimum atomic E-state index is -0.541. The molecular formula is C22H20BrN3O4. The lowest BCUT2D eigenvalue weighted by Gasteiger charge is -2.13. The molecule has 0 atom stereocenters. The van der Waals surface area contributed by atoms with Crippen LogP contribution in [0.15, 0.2) is 46.4 Å². The van der Waals surface area contributed by atoms with E-state index in [-0.39, 0.29) is 12.2 Å². The van der Waals surface area contributed by atoms with Crippen LogP contribution in [-0.4, -0.2) is 25.7 Å². The number of nitriles is 2. The molecule has 8 heteroatoms. The molecule has 0 aromatic heterocycles. The second kappa shape index (κ2) is 11.5. The summed E-state index contributed by atoms with van der Waals surface area (Å²) in [6, 6.07) is 14.0. The van der Waals surface area contributed by atoms with Gasteiger partial charge in [0.2, 0.25) is 0 Å². The van der Waals surface area contributed by atoms with E-state index in [0.29, 0.717) is 46.2 Å². The molecule has 0 saturated heterocycles. The van der Waals surface area contributed by atoms with E-state index < -0.39 is 5.91 Å². The minimum absolute atomic E-state index is 0.0797. The number of nitrogens with one attached hydrogen (secondary N) is 1. The van der Waals surface area contributed by atoms with Crippen LogP contribution in [0.25, 0.3) is 6.08 Å². The van der Waals surface area contributed by atoms with E-state index in [0.717, 1.165) is 0 Å². The van der Waals surface area contributed by atoms with Crippen LogP contribution >= 0.6 is 15.9 Å². The molecule has 0 aliphatic carbocycles. The first-order valence-electron chi connectivity index (χ1n) is 9.14. The van der Waals surface area contributed by atoms with E-state index in [4.69, 9.17) is 19.5 Å². The fraction of sp³-hybridized carbons (Fsp3) is 0.227. The van der Waals surface area contributed by atoms with Gasteiger partial charge in [-0.25, -0.2) is 0 Å². The Labute approximate surface area is 183 Å². The molecule has 0 unspecified atom stereocenters. The second-order valence-electron chi connectivity index (χ2n) is 5.79. The molecule has 0 spiro atoms. The Hall–Kier alpha value is -3.49. The molecule has 1 N–H and O–H groups in total. The van der Waals surface area contributed by atoms with Crippen molar-refractivity contribution in [1.29, 1.82) is 10.5 Å². The van der Waals surface area contributed by atoms with E-state index in [2.05, 4.69) is 21.2 Å². The first kappa shape index (κ1) is 22.8. The molecule has 0 saturated carbocycles. The third-order valence-electron chi connectivity index (χ3n) is 3.71. The summed E-state index contributed by atoms with van der Waals surface area (Å²) in [5.74, 6) is 0.935. The van der Waals surface area contributed by atoms with Crippen molar-refractivity contribution in [2.45, 2.75) is 13.8 Å². The van der Waals surface area contributed by atoms with Gasteiger partial charge < -0.3 is 19.5 Å². The Kier molecular flexibility index (Phi) is 8.74. The smallest absolute Gasteiger partial charge is 0.266 e. The van der Waals surface area contributed by atoms with Gasteiger partial charge in [-0.3, -0.25) is 4.79 Å². The van der Waals surface area contributed by atoms with Gasteiger partial charge in [0, 0.05) is 5.69 Å². The topological polar surface area (TPSA) is 104 Å². The maximum atomic E-state index is 12.5. The SMILES string of the molecule is CCOc1ccc(NC(=O)/C(C#N)=C/c2cc(Br)c(OCC#N)c(OCC)c2)cc1. The monoisotopic (exact) mass is 469 g/mol. The number of benzene rings is 2. The number of amides is 1. The molecule has 0 fully saturated rings. The molecule has 1 amide bonds. The first-order chi connectivity index (χ1) is 14.5. The molecule has 0 aliphatic heterocycles. The van der Waals surface area contributed by atoms with Gasteiger partial charge in [0.1, 0.15) is 23.5 Å². The number of ether oxygens (including phenoxy) is 3. The van der Waals surface area contributed by atoms with Gasteiger partial charge in [0.05, 0.1) is 17.7 Å². The molecule has 2 aromatic rings. The van der Waals surface area contributed by atoms with Crippen LogP contribution in [0.5, 0.6) is 17.2 Å². The maximum absolute atomic E-state index is 12.5. The first-order valence-corrected chi connectivity index (χ1v) is 9.93. The third kappa shape index (κ3) is 6.26. The third-order valence-corrected chi connectivity index (χ3v) is 4.30. The number of rotatable bonds is 9. The number of hydrogen-bond donors (Lipinski definition) is 1. The fourth-order valence-electron chi connectivity index (χ4n) is 2.49. The fourth-order valence-corrected chi connectivity index (χ4v) is 3.07. The van der Waals surface area contributed by atoms with Gasteiger partial charge >= 0.3 is 0 Å². The summed E-state index contributed by atoms with van der Waals surface area (Å²) in [6.07, 6.45) is 1.45. The number of anilines is 1. The van der Waals surface area contributed by atoms with Crippen molar-refractivity contribution in [3.8, 4) is 29.4 Å².